The fraction of sp³-hybridized carbons (Fsp3) is 0. The van der Waals surface area contributed by atoms with Crippen LogP contribution in [-0.2, 0) is 0 Å². The van der Waals surface area contributed by atoms with E-state index >= 15 is 0 Å². The van der Waals surface area contributed by atoms with Crippen molar-refractivity contribution in [3.63, 3.8) is 0 Å². The van der Waals surface area contributed by atoms with Crippen LogP contribution >= 0.6 is 22.6 Å². The van der Waals surface area contributed by atoms with E-state index in [0.717, 1.165) is 3.70 Å². The van der Waals surface area contributed by atoms with Crippen molar-refractivity contribution in [2.45, 2.75) is 0 Å². The molecule has 2 aromatic heterocycles. The summed E-state index contributed by atoms with van der Waals surface area (Å²) in [4.78, 5) is 7.82. The Labute approximate surface area is 75.8 Å². The lowest BCUT2D eigenvalue weighted by molar-refractivity contribution is 0.883. The van der Waals surface area contributed by atoms with Gasteiger partial charge in [0.15, 0.2) is 11.5 Å². The smallest absolute Gasteiger partial charge is 0.197 e. The minimum absolute atomic E-state index is 0.405. The van der Waals surface area contributed by atoms with Crippen LogP contribution in [0.2, 0.25) is 0 Å². The summed E-state index contributed by atoms with van der Waals surface area (Å²) in [7, 11) is 0. The first-order valence-electron chi connectivity index (χ1n) is 2.89. The van der Waals surface area contributed by atoms with E-state index in [0.29, 0.717) is 11.5 Å². The molecule has 2 heterocycles. The quantitative estimate of drug-likeness (QED) is 0.693. The Bertz CT molecular complexity index is 395. The normalized spacial score (nSPS) is 10.6. The average Bonchev–Trinajstić information content (AvgIpc) is 2.35. The zero-order valence-corrected chi connectivity index (χ0v) is 7.56. The molecule has 0 fully saturated rings. The van der Waals surface area contributed by atoms with E-state index in [2.05, 4.69) is 37.7 Å². The fourth-order valence-electron chi connectivity index (χ4n) is 0.807. The first kappa shape index (κ1) is 6.77. The highest BCUT2D eigenvalue weighted by Crippen LogP contribution is 2.09. The van der Waals surface area contributed by atoms with Gasteiger partial charge in [-0.25, -0.2) is 14.5 Å². The van der Waals surface area contributed by atoms with Crippen molar-refractivity contribution in [2.24, 2.45) is 0 Å². The van der Waals surface area contributed by atoms with Gasteiger partial charge in [0.05, 0.1) is 6.20 Å². The molecule has 0 saturated heterocycles. The largest absolute Gasteiger partial charge is 0.381 e. The van der Waals surface area contributed by atoms with Gasteiger partial charge in [0, 0.05) is 0 Å². The van der Waals surface area contributed by atoms with Gasteiger partial charge in [0.25, 0.3) is 0 Å². The molecule has 2 rings (SSSR count). The number of nitrogens with zero attached hydrogens (tertiary/aromatic N) is 4. The van der Waals surface area contributed by atoms with E-state index in [1.165, 1.54) is 6.33 Å². The maximum Gasteiger partial charge on any atom is 0.197 e. The van der Waals surface area contributed by atoms with Crippen LogP contribution < -0.4 is 5.73 Å². The Morgan fingerprint density at radius 1 is 1.45 bits per heavy atom. The predicted octanol–water partition coefficient (Wildman–Crippen LogP) is 0.311. The molecular weight excluding hydrogens is 257 g/mol. The second-order valence-corrected chi connectivity index (χ2v) is 3.07. The second-order valence-electron chi connectivity index (χ2n) is 1.96. The summed E-state index contributed by atoms with van der Waals surface area (Å²) in [6, 6.07) is 0. The van der Waals surface area contributed by atoms with Crippen molar-refractivity contribution in [3.8, 4) is 0 Å². The Morgan fingerprint density at radius 2 is 2.27 bits per heavy atom. The molecule has 0 radical (unpaired) electrons. The van der Waals surface area contributed by atoms with Crippen LogP contribution in [0.5, 0.6) is 0 Å². The highest BCUT2D eigenvalue weighted by atomic mass is 127. The summed E-state index contributed by atoms with van der Waals surface area (Å²) >= 11 is 2.12. The number of halogens is 1. The maximum atomic E-state index is 5.53. The number of imidazole rings is 1. The van der Waals surface area contributed by atoms with Crippen LogP contribution in [-0.4, -0.2) is 19.6 Å². The third-order valence-corrected chi connectivity index (χ3v) is 2.02. The first-order valence-corrected chi connectivity index (χ1v) is 3.96. The molecule has 0 aliphatic carbocycles. The fourth-order valence-corrected chi connectivity index (χ4v) is 1.30. The van der Waals surface area contributed by atoms with E-state index in [4.69, 9.17) is 5.73 Å². The standard InChI is InChI=1S/C5H4IN5/c6-3-1-8-5-4(7)9-2-10-11(3)5/h1-2H,(H2,7,9,10). The number of hydrogen-bond acceptors (Lipinski definition) is 4. The molecule has 5 nitrogen and oxygen atoms in total. The van der Waals surface area contributed by atoms with E-state index in [9.17, 15) is 0 Å². The number of aromatic nitrogens is 4. The molecule has 2 aromatic rings. The molecule has 0 atom stereocenters. The summed E-state index contributed by atoms with van der Waals surface area (Å²) in [5.74, 6) is 0.405. The van der Waals surface area contributed by atoms with Gasteiger partial charge >= 0.3 is 0 Å². The van der Waals surface area contributed by atoms with Crippen LogP contribution in [0, 0.1) is 3.70 Å². The topological polar surface area (TPSA) is 69.1 Å². The number of rotatable bonds is 0. The zero-order chi connectivity index (χ0) is 7.84. The lowest BCUT2D eigenvalue weighted by Crippen LogP contribution is -2.00. The van der Waals surface area contributed by atoms with Crippen molar-refractivity contribution < 1.29 is 0 Å². The number of nitrogens with two attached hydrogens (primary N) is 1. The van der Waals surface area contributed by atoms with Gasteiger partial charge in [-0.2, -0.15) is 5.10 Å². The van der Waals surface area contributed by atoms with Gasteiger partial charge in [0.2, 0.25) is 0 Å². The van der Waals surface area contributed by atoms with Crippen LogP contribution in [0.4, 0.5) is 5.82 Å². The molecule has 0 aliphatic heterocycles. The molecule has 56 valence electrons. The predicted molar refractivity (Wildman–Crippen MR) is 47.9 cm³/mol. The summed E-state index contributed by atoms with van der Waals surface area (Å²) in [5, 5.41) is 3.96. The summed E-state index contributed by atoms with van der Waals surface area (Å²) in [5.41, 5.74) is 6.14. The van der Waals surface area contributed by atoms with Crippen molar-refractivity contribution in [1.82, 2.24) is 19.6 Å². The summed E-state index contributed by atoms with van der Waals surface area (Å²) in [6.07, 6.45) is 3.10. The lowest BCUT2D eigenvalue weighted by atomic mass is 10.7. The van der Waals surface area contributed by atoms with E-state index in [-0.39, 0.29) is 0 Å². The molecule has 0 saturated carbocycles. The molecule has 0 unspecified atom stereocenters. The highest BCUT2D eigenvalue weighted by molar-refractivity contribution is 14.1. The second kappa shape index (κ2) is 2.29. The molecule has 0 aliphatic rings. The summed E-state index contributed by atoms with van der Waals surface area (Å²) in [6.45, 7) is 0. The Kier molecular flexibility index (Phi) is 1.41. The Morgan fingerprint density at radius 3 is 3.00 bits per heavy atom. The molecule has 0 spiro atoms. The van der Waals surface area contributed by atoms with Crippen LogP contribution in [0.25, 0.3) is 5.65 Å². The van der Waals surface area contributed by atoms with Crippen molar-refractivity contribution in [3.05, 3.63) is 16.2 Å². The van der Waals surface area contributed by atoms with Gasteiger partial charge in [-0.15, -0.1) is 0 Å². The molecule has 0 bridgehead atoms. The summed E-state index contributed by atoms with van der Waals surface area (Å²) < 4.78 is 2.56. The molecule has 0 aromatic carbocycles. The Hall–Kier alpha value is -0.920. The van der Waals surface area contributed by atoms with Gasteiger partial charge in [-0.05, 0) is 22.6 Å². The maximum absolute atomic E-state index is 5.53. The molecule has 2 N–H and O–H groups in total. The lowest BCUT2D eigenvalue weighted by Gasteiger charge is -1.93. The van der Waals surface area contributed by atoms with Crippen molar-refractivity contribution in [1.29, 1.82) is 0 Å². The average molecular weight is 261 g/mol. The number of hydrogen-bond donors (Lipinski definition) is 1. The minimum atomic E-state index is 0.405. The monoisotopic (exact) mass is 261 g/mol. The van der Waals surface area contributed by atoms with Crippen LogP contribution in [0.15, 0.2) is 12.5 Å². The number of anilines is 1. The van der Waals surface area contributed by atoms with Crippen LogP contribution in [0.3, 0.4) is 0 Å². The molecule has 0 amide bonds. The van der Waals surface area contributed by atoms with E-state index in [1.54, 1.807) is 10.7 Å². The van der Waals surface area contributed by atoms with Crippen molar-refractivity contribution >= 4 is 34.1 Å². The first-order chi connectivity index (χ1) is 5.29. The number of nitrogen functional groups attached to an aromatic ring is 1. The SMILES string of the molecule is Nc1ncnn2c(I)cnc12. The molecular formula is C5H4IN5. The number of fused-ring (bicyclic) bond motifs is 1. The zero-order valence-electron chi connectivity index (χ0n) is 5.40. The van der Waals surface area contributed by atoms with Gasteiger partial charge < -0.3 is 5.73 Å². The molecule has 6 heteroatoms. The highest BCUT2D eigenvalue weighted by Gasteiger charge is 2.03. The molecule has 11 heavy (non-hydrogen) atoms. The van der Waals surface area contributed by atoms with Gasteiger partial charge in [0.1, 0.15) is 10.0 Å². The third kappa shape index (κ3) is 0.934. The van der Waals surface area contributed by atoms with Gasteiger partial charge in [-0.1, -0.05) is 0 Å². The van der Waals surface area contributed by atoms with Gasteiger partial charge in [-0.3, -0.25) is 0 Å². The minimum Gasteiger partial charge on any atom is -0.381 e. The van der Waals surface area contributed by atoms with E-state index < -0.39 is 0 Å². The van der Waals surface area contributed by atoms with Crippen molar-refractivity contribution in [2.75, 3.05) is 5.73 Å². The van der Waals surface area contributed by atoms with Crippen LogP contribution in [0.1, 0.15) is 0 Å². The third-order valence-electron chi connectivity index (χ3n) is 1.29. The van der Waals surface area contributed by atoms with E-state index in [1.807, 2.05) is 0 Å². The Balaban J connectivity index is 2.94.